The Morgan fingerprint density at radius 2 is 1.54 bits per heavy atom. The summed E-state index contributed by atoms with van der Waals surface area (Å²) in [6.45, 7) is 7.12. The second kappa shape index (κ2) is 12.3. The summed E-state index contributed by atoms with van der Waals surface area (Å²) >= 11 is 0. The van der Waals surface area contributed by atoms with Crippen molar-refractivity contribution < 1.29 is 9.90 Å². The van der Waals surface area contributed by atoms with Gasteiger partial charge in [0.1, 0.15) is 0 Å². The van der Waals surface area contributed by atoms with E-state index in [9.17, 15) is 4.79 Å². The predicted molar refractivity (Wildman–Crippen MR) is 117 cm³/mol. The number of amides is 1. The van der Waals surface area contributed by atoms with E-state index < -0.39 is 0 Å². The second-order valence-corrected chi connectivity index (χ2v) is 7.08. The second-order valence-electron chi connectivity index (χ2n) is 7.08. The van der Waals surface area contributed by atoms with Crippen LogP contribution in [0.2, 0.25) is 0 Å². The van der Waals surface area contributed by atoms with Crippen LogP contribution < -0.4 is 4.90 Å². The molecule has 4 nitrogen and oxygen atoms in total. The molecule has 0 bridgehead atoms. The van der Waals surface area contributed by atoms with Crippen LogP contribution in [0.4, 0.5) is 5.69 Å². The highest BCUT2D eigenvalue weighted by atomic mass is 16.2. The van der Waals surface area contributed by atoms with E-state index in [0.29, 0.717) is 12.5 Å². The van der Waals surface area contributed by atoms with Crippen molar-refractivity contribution in [3.63, 3.8) is 0 Å². The van der Waals surface area contributed by atoms with Crippen molar-refractivity contribution in [1.82, 2.24) is 4.90 Å². The van der Waals surface area contributed by atoms with Crippen molar-refractivity contribution in [2.75, 3.05) is 31.1 Å². The number of carbonyl (C=O) groups excluding carboxylic acids is 1. The van der Waals surface area contributed by atoms with E-state index in [1.54, 1.807) is 6.92 Å². The van der Waals surface area contributed by atoms with Gasteiger partial charge >= 0.3 is 0 Å². The Balaban J connectivity index is 0.000000878. The van der Waals surface area contributed by atoms with E-state index in [-0.39, 0.29) is 12.5 Å². The van der Waals surface area contributed by atoms with Crippen LogP contribution in [0, 0.1) is 0 Å². The lowest BCUT2D eigenvalue weighted by Gasteiger charge is -2.38. The van der Waals surface area contributed by atoms with E-state index in [1.165, 1.54) is 5.56 Å². The third-order valence-corrected chi connectivity index (χ3v) is 5.09. The number of nitrogens with zero attached hydrogens (tertiary/aromatic N) is 2. The SMILES string of the molecule is CCC(=O)N(c1ccccc1)C1CCN(CCc2ccccc2)CC1.CCO. The molecule has 1 amide bonds. The zero-order valence-electron chi connectivity index (χ0n) is 17.3. The molecule has 1 saturated heterocycles. The highest BCUT2D eigenvalue weighted by molar-refractivity contribution is 5.93. The Hall–Kier alpha value is -2.17. The monoisotopic (exact) mass is 382 g/mol. The molecule has 2 aromatic carbocycles. The van der Waals surface area contributed by atoms with Crippen LogP contribution in [-0.4, -0.2) is 48.2 Å². The third-order valence-electron chi connectivity index (χ3n) is 5.09. The number of aliphatic hydroxyl groups is 1. The summed E-state index contributed by atoms with van der Waals surface area (Å²) in [4.78, 5) is 17.1. The van der Waals surface area contributed by atoms with Gasteiger partial charge in [-0.05, 0) is 43.9 Å². The van der Waals surface area contributed by atoms with Crippen molar-refractivity contribution >= 4 is 11.6 Å². The number of hydrogen-bond donors (Lipinski definition) is 1. The van der Waals surface area contributed by atoms with E-state index >= 15 is 0 Å². The quantitative estimate of drug-likeness (QED) is 0.817. The van der Waals surface area contributed by atoms with Gasteiger partial charge in [0.25, 0.3) is 0 Å². The van der Waals surface area contributed by atoms with Crippen LogP contribution >= 0.6 is 0 Å². The van der Waals surface area contributed by atoms with E-state index in [0.717, 1.165) is 44.6 Å². The van der Waals surface area contributed by atoms with Gasteiger partial charge < -0.3 is 14.9 Å². The number of likely N-dealkylation sites (tertiary alicyclic amines) is 1. The van der Waals surface area contributed by atoms with Crippen molar-refractivity contribution in [3.05, 3.63) is 66.2 Å². The minimum absolute atomic E-state index is 0.230. The lowest BCUT2D eigenvalue weighted by Crippen LogP contribution is -2.47. The van der Waals surface area contributed by atoms with Crippen LogP contribution in [-0.2, 0) is 11.2 Å². The Bertz CT molecular complexity index is 668. The van der Waals surface area contributed by atoms with E-state index in [2.05, 4.69) is 47.4 Å². The first-order valence-corrected chi connectivity index (χ1v) is 10.4. The minimum atomic E-state index is 0.230. The van der Waals surface area contributed by atoms with Crippen molar-refractivity contribution in [1.29, 1.82) is 0 Å². The van der Waals surface area contributed by atoms with Gasteiger partial charge in [-0.3, -0.25) is 4.79 Å². The molecule has 0 saturated carbocycles. The van der Waals surface area contributed by atoms with Crippen LogP contribution in [0.15, 0.2) is 60.7 Å². The number of piperidine rings is 1. The Morgan fingerprint density at radius 3 is 2.07 bits per heavy atom. The lowest BCUT2D eigenvalue weighted by atomic mass is 10.0. The standard InChI is InChI=1S/C22H28N2O.C2H6O/c1-2-22(25)24(20-11-7-4-8-12-20)21-14-17-23(18-15-21)16-13-19-9-5-3-6-10-19;1-2-3/h3-12,21H,2,13-18H2,1H3;3H,2H2,1H3. The number of rotatable bonds is 6. The number of para-hydroxylation sites is 1. The average molecular weight is 383 g/mol. The summed E-state index contributed by atoms with van der Waals surface area (Å²) in [6, 6.07) is 21.1. The fraction of sp³-hybridized carbons (Fsp3) is 0.458. The maximum atomic E-state index is 12.5. The first kappa shape index (κ1) is 22.1. The number of benzene rings is 2. The van der Waals surface area contributed by atoms with Crippen LogP contribution in [0.1, 0.15) is 38.7 Å². The molecule has 0 spiro atoms. The Morgan fingerprint density at radius 1 is 1.00 bits per heavy atom. The molecular formula is C24H34N2O2. The summed E-state index contributed by atoms with van der Waals surface area (Å²) in [5.41, 5.74) is 2.44. The van der Waals surface area contributed by atoms with Gasteiger partial charge in [0.2, 0.25) is 5.91 Å². The summed E-state index contributed by atoms with van der Waals surface area (Å²) in [6.07, 6.45) is 3.76. The lowest BCUT2D eigenvalue weighted by molar-refractivity contribution is -0.119. The number of hydrogen-bond acceptors (Lipinski definition) is 3. The average Bonchev–Trinajstić information content (AvgIpc) is 2.75. The molecular weight excluding hydrogens is 348 g/mol. The van der Waals surface area contributed by atoms with Crippen LogP contribution in [0.3, 0.4) is 0 Å². The summed E-state index contributed by atoms with van der Waals surface area (Å²) in [5.74, 6) is 0.230. The zero-order valence-corrected chi connectivity index (χ0v) is 17.3. The molecule has 0 radical (unpaired) electrons. The number of anilines is 1. The normalized spacial score (nSPS) is 14.8. The van der Waals surface area contributed by atoms with Gasteiger partial charge in [0.15, 0.2) is 0 Å². The summed E-state index contributed by atoms with van der Waals surface area (Å²) in [7, 11) is 0. The van der Waals surface area contributed by atoms with Gasteiger partial charge in [-0.2, -0.15) is 0 Å². The molecule has 1 aliphatic heterocycles. The first-order chi connectivity index (χ1) is 13.7. The molecule has 152 valence electrons. The van der Waals surface area contributed by atoms with Crippen molar-refractivity contribution in [3.8, 4) is 0 Å². The van der Waals surface area contributed by atoms with Gasteiger partial charge in [-0.25, -0.2) is 0 Å². The van der Waals surface area contributed by atoms with Gasteiger partial charge in [-0.15, -0.1) is 0 Å². The zero-order chi connectivity index (χ0) is 20.2. The molecule has 0 aromatic heterocycles. The molecule has 1 aliphatic rings. The Labute approximate surface area is 169 Å². The van der Waals surface area contributed by atoms with Crippen LogP contribution in [0.5, 0.6) is 0 Å². The molecule has 0 atom stereocenters. The third kappa shape index (κ3) is 6.77. The predicted octanol–water partition coefficient (Wildman–Crippen LogP) is 4.14. The first-order valence-electron chi connectivity index (χ1n) is 10.4. The molecule has 4 heteroatoms. The van der Waals surface area contributed by atoms with E-state index in [4.69, 9.17) is 5.11 Å². The van der Waals surface area contributed by atoms with Crippen LogP contribution in [0.25, 0.3) is 0 Å². The highest BCUT2D eigenvalue weighted by Gasteiger charge is 2.28. The molecule has 1 heterocycles. The molecule has 1 N–H and O–H groups in total. The smallest absolute Gasteiger partial charge is 0.226 e. The topological polar surface area (TPSA) is 43.8 Å². The fourth-order valence-corrected chi connectivity index (χ4v) is 3.65. The van der Waals surface area contributed by atoms with Gasteiger partial charge in [0, 0.05) is 44.4 Å². The van der Waals surface area contributed by atoms with Crippen molar-refractivity contribution in [2.24, 2.45) is 0 Å². The number of aliphatic hydroxyl groups excluding tert-OH is 1. The van der Waals surface area contributed by atoms with E-state index in [1.807, 2.05) is 30.0 Å². The maximum Gasteiger partial charge on any atom is 0.226 e. The summed E-state index contributed by atoms with van der Waals surface area (Å²) < 4.78 is 0. The molecule has 28 heavy (non-hydrogen) atoms. The minimum Gasteiger partial charge on any atom is -0.397 e. The Kier molecular flexibility index (Phi) is 9.73. The molecule has 0 unspecified atom stereocenters. The molecule has 2 aromatic rings. The fourth-order valence-electron chi connectivity index (χ4n) is 3.65. The molecule has 0 aliphatic carbocycles. The highest BCUT2D eigenvalue weighted by Crippen LogP contribution is 2.24. The number of carbonyl (C=O) groups is 1. The van der Waals surface area contributed by atoms with Crippen molar-refractivity contribution in [2.45, 2.75) is 45.6 Å². The molecule has 3 rings (SSSR count). The van der Waals surface area contributed by atoms with Gasteiger partial charge in [0.05, 0.1) is 0 Å². The summed E-state index contributed by atoms with van der Waals surface area (Å²) in [5, 5.41) is 7.57. The molecule has 1 fully saturated rings. The van der Waals surface area contributed by atoms with Gasteiger partial charge in [-0.1, -0.05) is 55.5 Å². The maximum absolute atomic E-state index is 12.5. The largest absolute Gasteiger partial charge is 0.397 e.